The van der Waals surface area contributed by atoms with Crippen molar-refractivity contribution in [1.82, 2.24) is 5.32 Å². The molecule has 0 aromatic heterocycles. The number of amides is 1. The molecule has 4 nitrogen and oxygen atoms in total. The number of carboxylic acids is 1. The molecule has 1 aliphatic rings. The molecule has 2 atom stereocenters. The molecule has 0 aromatic rings. The first-order chi connectivity index (χ1) is 4.99. The van der Waals surface area contributed by atoms with Crippen LogP contribution in [0.2, 0.25) is 0 Å². The van der Waals surface area contributed by atoms with Gasteiger partial charge in [-0.2, -0.15) is 0 Å². The fourth-order valence-electron chi connectivity index (χ4n) is 1.17. The number of rotatable bonds is 1. The van der Waals surface area contributed by atoms with E-state index in [1.54, 1.807) is 6.92 Å². The SMILES string of the molecule is CC1CNC(=O)C1(C)C(=O)O. The monoisotopic (exact) mass is 157 g/mol. The summed E-state index contributed by atoms with van der Waals surface area (Å²) in [6.07, 6.45) is 0. The van der Waals surface area contributed by atoms with E-state index in [1.165, 1.54) is 6.92 Å². The van der Waals surface area contributed by atoms with Crippen LogP contribution in [0.4, 0.5) is 0 Å². The summed E-state index contributed by atoms with van der Waals surface area (Å²) in [6.45, 7) is 3.68. The van der Waals surface area contributed by atoms with Crippen molar-refractivity contribution < 1.29 is 14.7 Å². The van der Waals surface area contributed by atoms with E-state index in [9.17, 15) is 9.59 Å². The van der Waals surface area contributed by atoms with Crippen LogP contribution in [0, 0.1) is 11.3 Å². The number of aliphatic carboxylic acids is 1. The lowest BCUT2D eigenvalue weighted by molar-refractivity contribution is -0.154. The van der Waals surface area contributed by atoms with E-state index in [1.807, 2.05) is 0 Å². The third kappa shape index (κ3) is 0.895. The Morgan fingerprint density at radius 2 is 2.36 bits per heavy atom. The Kier molecular flexibility index (Phi) is 1.62. The molecule has 1 amide bonds. The first kappa shape index (κ1) is 8.04. The van der Waals surface area contributed by atoms with Gasteiger partial charge in [-0.1, -0.05) is 6.92 Å². The summed E-state index contributed by atoms with van der Waals surface area (Å²) in [6, 6.07) is 0. The summed E-state index contributed by atoms with van der Waals surface area (Å²) in [7, 11) is 0. The first-order valence-corrected chi connectivity index (χ1v) is 3.51. The highest BCUT2D eigenvalue weighted by Gasteiger charge is 2.50. The van der Waals surface area contributed by atoms with Crippen LogP contribution < -0.4 is 5.32 Å². The zero-order valence-electron chi connectivity index (χ0n) is 6.55. The molecule has 62 valence electrons. The second kappa shape index (κ2) is 2.22. The van der Waals surface area contributed by atoms with Gasteiger partial charge < -0.3 is 10.4 Å². The van der Waals surface area contributed by atoms with Crippen LogP contribution in [0.5, 0.6) is 0 Å². The van der Waals surface area contributed by atoms with Crippen LogP contribution in [-0.2, 0) is 9.59 Å². The molecule has 2 N–H and O–H groups in total. The molecule has 0 spiro atoms. The number of hydrogen-bond donors (Lipinski definition) is 2. The van der Waals surface area contributed by atoms with Gasteiger partial charge in [0, 0.05) is 6.54 Å². The molecule has 0 radical (unpaired) electrons. The topological polar surface area (TPSA) is 66.4 Å². The molecular formula is C7H11NO3. The Morgan fingerprint density at radius 1 is 1.82 bits per heavy atom. The summed E-state index contributed by atoms with van der Waals surface area (Å²) in [4.78, 5) is 21.7. The number of hydrogen-bond acceptors (Lipinski definition) is 2. The van der Waals surface area contributed by atoms with Crippen molar-refractivity contribution in [2.24, 2.45) is 11.3 Å². The molecule has 4 heteroatoms. The van der Waals surface area contributed by atoms with Crippen LogP contribution >= 0.6 is 0 Å². The van der Waals surface area contributed by atoms with E-state index in [2.05, 4.69) is 5.32 Å². The summed E-state index contributed by atoms with van der Waals surface area (Å²) in [5, 5.41) is 11.3. The maximum absolute atomic E-state index is 11.1. The lowest BCUT2D eigenvalue weighted by atomic mass is 9.81. The molecule has 2 unspecified atom stereocenters. The van der Waals surface area contributed by atoms with Gasteiger partial charge in [0.05, 0.1) is 0 Å². The van der Waals surface area contributed by atoms with Gasteiger partial charge in [-0.15, -0.1) is 0 Å². The van der Waals surface area contributed by atoms with Gasteiger partial charge in [-0.3, -0.25) is 9.59 Å². The van der Waals surface area contributed by atoms with E-state index < -0.39 is 11.4 Å². The molecule has 11 heavy (non-hydrogen) atoms. The number of carbonyl (C=O) groups is 2. The minimum Gasteiger partial charge on any atom is -0.480 e. The van der Waals surface area contributed by atoms with E-state index in [0.717, 1.165) is 0 Å². The van der Waals surface area contributed by atoms with Crippen molar-refractivity contribution in [3.63, 3.8) is 0 Å². The minimum absolute atomic E-state index is 0.132. The largest absolute Gasteiger partial charge is 0.480 e. The smallest absolute Gasteiger partial charge is 0.319 e. The predicted molar refractivity (Wildman–Crippen MR) is 37.9 cm³/mol. The molecule has 0 aromatic carbocycles. The molecule has 1 saturated heterocycles. The Hall–Kier alpha value is -1.06. The maximum Gasteiger partial charge on any atom is 0.319 e. The Bertz CT molecular complexity index is 214. The zero-order valence-corrected chi connectivity index (χ0v) is 6.55. The van der Waals surface area contributed by atoms with Crippen LogP contribution in [-0.4, -0.2) is 23.5 Å². The van der Waals surface area contributed by atoms with Crippen molar-refractivity contribution in [3.8, 4) is 0 Å². The van der Waals surface area contributed by atoms with Gasteiger partial charge in [-0.25, -0.2) is 0 Å². The van der Waals surface area contributed by atoms with Gasteiger partial charge in [0.15, 0.2) is 0 Å². The van der Waals surface area contributed by atoms with Gasteiger partial charge in [-0.05, 0) is 12.8 Å². The highest BCUT2D eigenvalue weighted by atomic mass is 16.4. The van der Waals surface area contributed by atoms with Gasteiger partial charge >= 0.3 is 5.97 Å². The highest BCUT2D eigenvalue weighted by Crippen LogP contribution is 2.31. The molecule has 1 fully saturated rings. The second-order valence-corrected chi connectivity index (χ2v) is 3.12. The van der Waals surface area contributed by atoms with Crippen molar-refractivity contribution in [1.29, 1.82) is 0 Å². The molecule has 0 saturated carbocycles. The summed E-state index contributed by atoms with van der Waals surface area (Å²) in [5.41, 5.74) is -1.22. The van der Waals surface area contributed by atoms with Crippen LogP contribution in [0.15, 0.2) is 0 Å². The number of nitrogens with one attached hydrogen (secondary N) is 1. The second-order valence-electron chi connectivity index (χ2n) is 3.12. The number of carboxylic acid groups (broad SMARTS) is 1. The fraction of sp³-hybridized carbons (Fsp3) is 0.714. The molecule has 1 heterocycles. The van der Waals surface area contributed by atoms with E-state index >= 15 is 0 Å². The molecular weight excluding hydrogens is 146 g/mol. The Morgan fingerprint density at radius 3 is 2.55 bits per heavy atom. The Balaban J connectivity index is 2.98. The number of carbonyl (C=O) groups excluding carboxylic acids is 1. The third-order valence-electron chi connectivity index (χ3n) is 2.47. The summed E-state index contributed by atoms with van der Waals surface area (Å²) in [5.74, 6) is -1.55. The molecule has 0 bridgehead atoms. The van der Waals surface area contributed by atoms with E-state index in [-0.39, 0.29) is 11.8 Å². The van der Waals surface area contributed by atoms with Crippen LogP contribution in [0.1, 0.15) is 13.8 Å². The maximum atomic E-state index is 11.1. The minimum atomic E-state index is -1.22. The summed E-state index contributed by atoms with van der Waals surface area (Å²) < 4.78 is 0. The van der Waals surface area contributed by atoms with Crippen molar-refractivity contribution >= 4 is 11.9 Å². The van der Waals surface area contributed by atoms with Gasteiger partial charge in [0.2, 0.25) is 5.91 Å². The van der Waals surface area contributed by atoms with Crippen molar-refractivity contribution in [2.75, 3.05) is 6.54 Å². The molecule has 1 aliphatic heterocycles. The first-order valence-electron chi connectivity index (χ1n) is 3.51. The normalized spacial score (nSPS) is 36.9. The average Bonchev–Trinajstić information content (AvgIpc) is 2.18. The zero-order chi connectivity index (χ0) is 8.65. The predicted octanol–water partition coefficient (Wildman–Crippen LogP) is -0.157. The fourth-order valence-corrected chi connectivity index (χ4v) is 1.17. The van der Waals surface area contributed by atoms with Crippen molar-refractivity contribution in [2.45, 2.75) is 13.8 Å². The van der Waals surface area contributed by atoms with E-state index in [0.29, 0.717) is 6.54 Å². The van der Waals surface area contributed by atoms with Gasteiger partial charge in [0.1, 0.15) is 5.41 Å². The third-order valence-corrected chi connectivity index (χ3v) is 2.47. The highest BCUT2D eigenvalue weighted by molar-refractivity contribution is 6.03. The van der Waals surface area contributed by atoms with Crippen LogP contribution in [0.3, 0.4) is 0 Å². The standard InChI is InChI=1S/C7H11NO3/c1-4-3-8-5(9)7(4,2)6(10)11/h4H,3H2,1-2H3,(H,8,9)(H,10,11). The lowest BCUT2D eigenvalue weighted by Crippen LogP contribution is -2.39. The average molecular weight is 157 g/mol. The van der Waals surface area contributed by atoms with Gasteiger partial charge in [0.25, 0.3) is 0 Å². The lowest BCUT2D eigenvalue weighted by Gasteiger charge is -2.19. The molecule has 1 rings (SSSR count). The quantitative estimate of drug-likeness (QED) is 0.520. The Labute approximate surface area is 64.6 Å². The van der Waals surface area contributed by atoms with Crippen LogP contribution in [0.25, 0.3) is 0 Å². The van der Waals surface area contributed by atoms with Crippen molar-refractivity contribution in [3.05, 3.63) is 0 Å². The summed E-state index contributed by atoms with van der Waals surface area (Å²) >= 11 is 0. The van der Waals surface area contributed by atoms with E-state index in [4.69, 9.17) is 5.11 Å². The molecule has 0 aliphatic carbocycles.